The van der Waals surface area contributed by atoms with Gasteiger partial charge in [-0.2, -0.15) is 0 Å². The molecule has 1 N–H and O–H groups in total. The average Bonchev–Trinajstić information content (AvgIpc) is 3.25. The molecule has 3 aromatic rings. The highest BCUT2D eigenvalue weighted by Gasteiger charge is 2.23. The zero-order valence-corrected chi connectivity index (χ0v) is 13.7. The Morgan fingerprint density at radius 1 is 1.25 bits per heavy atom. The summed E-state index contributed by atoms with van der Waals surface area (Å²) in [6.45, 7) is 0. The predicted molar refractivity (Wildman–Crippen MR) is 94.2 cm³/mol. The van der Waals surface area contributed by atoms with E-state index >= 15 is 0 Å². The van der Waals surface area contributed by atoms with Gasteiger partial charge in [0.2, 0.25) is 0 Å². The Morgan fingerprint density at radius 2 is 2.08 bits per heavy atom. The highest BCUT2D eigenvalue weighted by molar-refractivity contribution is 7.12. The van der Waals surface area contributed by atoms with E-state index < -0.39 is 5.97 Å². The number of nitrogens with zero attached hydrogens (tertiary/aromatic N) is 2. The summed E-state index contributed by atoms with van der Waals surface area (Å²) in [6, 6.07) is 12.5. The number of carboxylic acids is 1. The first-order valence-corrected chi connectivity index (χ1v) is 8.63. The van der Waals surface area contributed by atoms with Gasteiger partial charge in [-0.25, -0.2) is 9.78 Å². The molecule has 24 heavy (non-hydrogen) atoms. The van der Waals surface area contributed by atoms with Crippen LogP contribution in [0, 0.1) is 0 Å². The molecular formula is C19H16N2O2S. The Morgan fingerprint density at radius 3 is 2.79 bits per heavy atom. The van der Waals surface area contributed by atoms with Crippen LogP contribution in [0.1, 0.15) is 33.3 Å². The average molecular weight is 336 g/mol. The van der Waals surface area contributed by atoms with Crippen molar-refractivity contribution in [2.45, 2.75) is 18.9 Å². The molecule has 1 atom stereocenters. The summed E-state index contributed by atoms with van der Waals surface area (Å²) in [7, 11) is 0. The van der Waals surface area contributed by atoms with Crippen LogP contribution in [0.5, 0.6) is 0 Å². The summed E-state index contributed by atoms with van der Waals surface area (Å²) in [5.74, 6) is -0.817. The van der Waals surface area contributed by atoms with Gasteiger partial charge in [0, 0.05) is 27.7 Å². The quantitative estimate of drug-likeness (QED) is 0.783. The maximum atomic E-state index is 11.2. The van der Waals surface area contributed by atoms with E-state index in [2.05, 4.69) is 27.8 Å². The lowest BCUT2D eigenvalue weighted by atomic mass is 9.97. The number of fused-ring (bicyclic) bond motifs is 1. The van der Waals surface area contributed by atoms with Crippen LogP contribution in [0.4, 0.5) is 0 Å². The number of aryl methyl sites for hydroxylation is 1. The van der Waals surface area contributed by atoms with Crippen molar-refractivity contribution in [3.05, 3.63) is 81.6 Å². The number of hydrogen-bond acceptors (Lipinski definition) is 3. The van der Waals surface area contributed by atoms with Gasteiger partial charge in [0.05, 0.1) is 12.4 Å². The summed E-state index contributed by atoms with van der Waals surface area (Å²) < 4.78 is 2.09. The second-order valence-corrected chi connectivity index (χ2v) is 6.99. The second-order valence-electron chi connectivity index (χ2n) is 5.83. The summed E-state index contributed by atoms with van der Waals surface area (Å²) >= 11 is 1.76. The fourth-order valence-corrected chi connectivity index (χ4v) is 4.41. The van der Waals surface area contributed by atoms with Crippen molar-refractivity contribution in [1.29, 1.82) is 0 Å². The Labute approximate surface area is 143 Å². The molecule has 1 aliphatic carbocycles. The smallest absolute Gasteiger partial charge is 0.331 e. The first-order chi connectivity index (χ1) is 11.7. The third-order valence-electron chi connectivity index (χ3n) is 4.29. The monoisotopic (exact) mass is 336 g/mol. The van der Waals surface area contributed by atoms with Crippen LogP contribution >= 0.6 is 11.3 Å². The van der Waals surface area contributed by atoms with Crippen LogP contribution in [0.3, 0.4) is 0 Å². The fraction of sp³-hybridized carbons (Fsp3) is 0.158. The SMILES string of the molecule is O=C(O)C1=Cc2cc(C(c3ccccc3)n3ccnc3)sc2CC1. The van der Waals surface area contributed by atoms with Gasteiger partial charge >= 0.3 is 5.97 Å². The topological polar surface area (TPSA) is 55.1 Å². The molecule has 0 fully saturated rings. The molecule has 0 saturated carbocycles. The van der Waals surface area contributed by atoms with Gasteiger partial charge in [0.15, 0.2) is 0 Å². The zero-order valence-electron chi connectivity index (χ0n) is 12.9. The molecule has 5 heteroatoms. The van der Waals surface area contributed by atoms with Crippen molar-refractivity contribution in [2.24, 2.45) is 0 Å². The summed E-state index contributed by atoms with van der Waals surface area (Å²) in [4.78, 5) is 17.9. The van der Waals surface area contributed by atoms with Crippen molar-refractivity contribution < 1.29 is 9.90 Å². The Kier molecular flexibility index (Phi) is 3.78. The van der Waals surface area contributed by atoms with E-state index in [-0.39, 0.29) is 6.04 Å². The minimum atomic E-state index is -0.817. The third kappa shape index (κ3) is 2.67. The van der Waals surface area contributed by atoms with Crippen LogP contribution in [-0.4, -0.2) is 20.6 Å². The number of rotatable bonds is 4. The van der Waals surface area contributed by atoms with E-state index in [1.165, 1.54) is 15.3 Å². The molecule has 120 valence electrons. The van der Waals surface area contributed by atoms with Gasteiger partial charge in [0.25, 0.3) is 0 Å². The van der Waals surface area contributed by atoms with Gasteiger partial charge in [-0.15, -0.1) is 11.3 Å². The lowest BCUT2D eigenvalue weighted by Gasteiger charge is -2.17. The fourth-order valence-electron chi connectivity index (χ4n) is 3.13. The molecule has 0 aliphatic heterocycles. The van der Waals surface area contributed by atoms with E-state index in [4.69, 9.17) is 0 Å². The number of carbonyl (C=O) groups is 1. The predicted octanol–water partition coefficient (Wildman–Crippen LogP) is 4.00. The van der Waals surface area contributed by atoms with E-state index in [1.807, 2.05) is 36.8 Å². The van der Waals surface area contributed by atoms with Crippen molar-refractivity contribution in [1.82, 2.24) is 9.55 Å². The van der Waals surface area contributed by atoms with E-state index in [0.29, 0.717) is 12.0 Å². The van der Waals surface area contributed by atoms with Crippen LogP contribution in [0.2, 0.25) is 0 Å². The number of benzene rings is 1. The number of aliphatic carboxylic acids is 1. The van der Waals surface area contributed by atoms with E-state index in [0.717, 1.165) is 12.0 Å². The summed E-state index contributed by atoms with van der Waals surface area (Å²) in [5.41, 5.74) is 2.72. The second kappa shape index (κ2) is 6.09. The molecule has 1 unspecified atom stereocenters. The Balaban J connectivity index is 1.80. The molecule has 0 spiro atoms. The van der Waals surface area contributed by atoms with Crippen LogP contribution < -0.4 is 0 Å². The molecule has 1 aromatic carbocycles. The lowest BCUT2D eigenvalue weighted by molar-refractivity contribution is -0.132. The van der Waals surface area contributed by atoms with Gasteiger partial charge in [-0.3, -0.25) is 0 Å². The van der Waals surface area contributed by atoms with Crippen molar-refractivity contribution >= 4 is 23.4 Å². The van der Waals surface area contributed by atoms with Gasteiger partial charge < -0.3 is 9.67 Å². The summed E-state index contributed by atoms with van der Waals surface area (Å²) in [5, 5.41) is 9.23. The highest BCUT2D eigenvalue weighted by atomic mass is 32.1. The van der Waals surface area contributed by atoms with Crippen LogP contribution in [-0.2, 0) is 11.2 Å². The Hall–Kier alpha value is -2.66. The first-order valence-electron chi connectivity index (χ1n) is 7.81. The van der Waals surface area contributed by atoms with E-state index in [9.17, 15) is 9.90 Å². The molecule has 1 aliphatic rings. The molecule has 2 aromatic heterocycles. The normalized spacial score (nSPS) is 14.8. The summed E-state index contributed by atoms with van der Waals surface area (Å²) in [6.07, 6.45) is 8.79. The molecular weight excluding hydrogens is 320 g/mol. The molecule has 2 heterocycles. The standard InChI is InChI=1S/C19H16N2O2S/c22-19(23)14-6-7-16-15(10-14)11-17(24-16)18(21-9-8-20-12-21)13-4-2-1-3-5-13/h1-5,8-12,18H,6-7H2,(H,22,23). The maximum Gasteiger partial charge on any atom is 0.331 e. The molecule has 0 bridgehead atoms. The van der Waals surface area contributed by atoms with Crippen molar-refractivity contribution in [3.8, 4) is 0 Å². The molecule has 0 amide bonds. The van der Waals surface area contributed by atoms with Gasteiger partial charge in [-0.1, -0.05) is 30.3 Å². The maximum absolute atomic E-state index is 11.2. The van der Waals surface area contributed by atoms with Crippen molar-refractivity contribution in [3.63, 3.8) is 0 Å². The largest absolute Gasteiger partial charge is 0.478 e. The minimum absolute atomic E-state index is 0.0611. The highest BCUT2D eigenvalue weighted by Crippen LogP contribution is 2.38. The lowest BCUT2D eigenvalue weighted by Crippen LogP contribution is -2.08. The van der Waals surface area contributed by atoms with Crippen LogP contribution in [0.25, 0.3) is 6.08 Å². The number of imidazole rings is 1. The molecule has 0 radical (unpaired) electrons. The number of hydrogen-bond donors (Lipinski definition) is 1. The minimum Gasteiger partial charge on any atom is -0.478 e. The van der Waals surface area contributed by atoms with Gasteiger partial charge in [0.1, 0.15) is 0 Å². The molecule has 0 saturated heterocycles. The molecule has 4 nitrogen and oxygen atoms in total. The van der Waals surface area contributed by atoms with Crippen molar-refractivity contribution in [2.75, 3.05) is 0 Å². The Bertz CT molecular complexity index is 895. The molecule has 4 rings (SSSR count). The zero-order chi connectivity index (χ0) is 16.5. The number of carboxylic acid groups (broad SMARTS) is 1. The third-order valence-corrected chi connectivity index (χ3v) is 5.56. The van der Waals surface area contributed by atoms with E-state index in [1.54, 1.807) is 17.5 Å². The first kappa shape index (κ1) is 14.9. The van der Waals surface area contributed by atoms with Gasteiger partial charge in [-0.05, 0) is 36.1 Å². The number of thiophene rings is 1. The van der Waals surface area contributed by atoms with Crippen LogP contribution in [0.15, 0.2) is 60.7 Å². The number of aromatic nitrogens is 2.